The summed E-state index contributed by atoms with van der Waals surface area (Å²) >= 11 is 0. The molecule has 0 aliphatic heterocycles. The predicted octanol–water partition coefficient (Wildman–Crippen LogP) is 5.60. The van der Waals surface area contributed by atoms with E-state index in [0.29, 0.717) is 24.5 Å². The lowest BCUT2D eigenvalue weighted by Gasteiger charge is -2.34. The van der Waals surface area contributed by atoms with Crippen LogP contribution in [0.1, 0.15) is 62.1 Å². The number of nitrogens with zero attached hydrogens (tertiary/aromatic N) is 2. The van der Waals surface area contributed by atoms with Crippen LogP contribution < -0.4 is 14.4 Å². The number of rotatable bonds is 13. The van der Waals surface area contributed by atoms with Crippen molar-refractivity contribution in [2.45, 2.75) is 77.6 Å². The third kappa shape index (κ3) is 9.07. The van der Waals surface area contributed by atoms with Crippen molar-refractivity contribution < 1.29 is 22.7 Å². The first kappa shape index (κ1) is 32.1. The fourth-order valence-electron chi connectivity index (χ4n) is 5.50. The second kappa shape index (κ2) is 15.0. The highest BCUT2D eigenvalue weighted by Gasteiger charge is 2.33. The Hall–Kier alpha value is -3.85. The Morgan fingerprint density at radius 2 is 1.58 bits per heavy atom. The highest BCUT2D eigenvalue weighted by Crippen LogP contribution is 2.24. The lowest BCUT2D eigenvalue weighted by Crippen LogP contribution is -2.54. The zero-order chi connectivity index (χ0) is 30.8. The van der Waals surface area contributed by atoms with E-state index in [1.807, 2.05) is 68.4 Å². The average Bonchev–Trinajstić information content (AvgIpc) is 3.00. The van der Waals surface area contributed by atoms with Gasteiger partial charge in [-0.3, -0.25) is 13.9 Å². The molecule has 1 fully saturated rings. The van der Waals surface area contributed by atoms with Crippen molar-refractivity contribution in [2.75, 3.05) is 17.1 Å². The van der Waals surface area contributed by atoms with E-state index < -0.39 is 28.5 Å². The predicted molar refractivity (Wildman–Crippen MR) is 170 cm³/mol. The fourth-order valence-corrected chi connectivity index (χ4v) is 6.35. The van der Waals surface area contributed by atoms with Gasteiger partial charge in [-0.1, -0.05) is 80.8 Å². The van der Waals surface area contributed by atoms with Crippen LogP contribution in [-0.4, -0.2) is 50.0 Å². The number of sulfonamides is 1. The molecule has 43 heavy (non-hydrogen) atoms. The molecule has 0 heterocycles. The van der Waals surface area contributed by atoms with Crippen LogP contribution in [0.5, 0.6) is 5.75 Å². The highest BCUT2D eigenvalue weighted by molar-refractivity contribution is 7.92. The molecule has 0 bridgehead atoms. The van der Waals surface area contributed by atoms with Crippen LogP contribution in [-0.2, 0) is 32.8 Å². The molecule has 9 heteroatoms. The highest BCUT2D eigenvalue weighted by atomic mass is 32.2. The Morgan fingerprint density at radius 3 is 2.21 bits per heavy atom. The Balaban J connectivity index is 1.55. The number of hydrogen-bond donors (Lipinski definition) is 1. The molecule has 1 aliphatic rings. The molecule has 3 aromatic rings. The Morgan fingerprint density at radius 1 is 0.930 bits per heavy atom. The topological polar surface area (TPSA) is 96.0 Å². The van der Waals surface area contributed by atoms with Crippen molar-refractivity contribution in [2.24, 2.45) is 0 Å². The molecular weight excluding hydrogens is 562 g/mol. The molecule has 4 rings (SSSR count). The first-order valence-corrected chi connectivity index (χ1v) is 16.9. The second-order valence-electron chi connectivity index (χ2n) is 11.3. The van der Waals surface area contributed by atoms with Gasteiger partial charge in [0, 0.05) is 12.6 Å². The standard InChI is InChI=1S/C34H43N3O5S/c1-4-32(34(39)35-29-17-9-6-10-18-29)36(23-28-16-12-11-13-26(28)2)33(38)24-37(43(3,40)41)30-19-21-31(22-20-30)42-25-27-14-7-5-8-15-27/h5,7-8,11-16,19-22,29,32H,4,6,9-10,17-18,23-25H2,1-3H3,(H,35,39)/t32-/m0/s1. The molecule has 230 valence electrons. The van der Waals surface area contributed by atoms with Gasteiger partial charge in [-0.15, -0.1) is 0 Å². The molecule has 2 amide bonds. The third-order valence-electron chi connectivity index (χ3n) is 7.99. The summed E-state index contributed by atoms with van der Waals surface area (Å²) in [5, 5.41) is 3.17. The first-order chi connectivity index (χ1) is 20.7. The lowest BCUT2D eigenvalue weighted by atomic mass is 9.95. The number of nitrogens with one attached hydrogen (secondary N) is 1. The number of anilines is 1. The van der Waals surface area contributed by atoms with Crippen molar-refractivity contribution in [3.63, 3.8) is 0 Å². The molecule has 0 unspecified atom stereocenters. The van der Waals surface area contributed by atoms with E-state index in [0.717, 1.165) is 52.9 Å². The first-order valence-electron chi connectivity index (χ1n) is 15.0. The largest absolute Gasteiger partial charge is 0.489 e. The molecule has 1 atom stereocenters. The maximum Gasteiger partial charge on any atom is 0.244 e. The van der Waals surface area contributed by atoms with Crippen LogP contribution in [0, 0.1) is 6.92 Å². The SMILES string of the molecule is CC[C@@H](C(=O)NC1CCCCC1)N(Cc1ccccc1C)C(=O)CN(c1ccc(OCc2ccccc2)cc1)S(C)(=O)=O. The van der Waals surface area contributed by atoms with Gasteiger partial charge in [-0.05, 0) is 67.1 Å². The van der Waals surface area contributed by atoms with Gasteiger partial charge in [0.25, 0.3) is 0 Å². The summed E-state index contributed by atoms with van der Waals surface area (Å²) in [4.78, 5) is 29.1. The summed E-state index contributed by atoms with van der Waals surface area (Å²) in [7, 11) is -3.83. The molecule has 3 aromatic carbocycles. The van der Waals surface area contributed by atoms with Crippen molar-refractivity contribution in [1.29, 1.82) is 0 Å². The number of amides is 2. The summed E-state index contributed by atoms with van der Waals surface area (Å²) in [6, 6.07) is 23.5. The van der Waals surface area contributed by atoms with Gasteiger partial charge in [-0.2, -0.15) is 0 Å². The summed E-state index contributed by atoms with van der Waals surface area (Å²) < 4.78 is 32.9. The Kier molecular flexibility index (Phi) is 11.2. The average molecular weight is 606 g/mol. The van der Waals surface area contributed by atoms with Gasteiger partial charge >= 0.3 is 0 Å². The van der Waals surface area contributed by atoms with Gasteiger partial charge in [0.15, 0.2) is 0 Å². The third-order valence-corrected chi connectivity index (χ3v) is 9.13. The molecule has 0 radical (unpaired) electrons. The minimum atomic E-state index is -3.83. The van der Waals surface area contributed by atoms with E-state index in [1.165, 1.54) is 11.3 Å². The normalized spacial score (nSPS) is 14.5. The fraction of sp³-hybridized carbons (Fsp3) is 0.412. The van der Waals surface area contributed by atoms with Crippen LogP contribution >= 0.6 is 0 Å². The van der Waals surface area contributed by atoms with E-state index in [4.69, 9.17) is 4.74 Å². The maximum absolute atomic E-state index is 14.0. The summed E-state index contributed by atoms with van der Waals surface area (Å²) in [5.41, 5.74) is 3.26. The zero-order valence-corrected chi connectivity index (χ0v) is 26.2. The van der Waals surface area contributed by atoms with Gasteiger partial charge in [0.2, 0.25) is 21.8 Å². The van der Waals surface area contributed by atoms with Crippen LogP contribution in [0.25, 0.3) is 0 Å². The molecule has 8 nitrogen and oxygen atoms in total. The van der Waals surface area contributed by atoms with Gasteiger partial charge in [-0.25, -0.2) is 8.42 Å². The van der Waals surface area contributed by atoms with Gasteiger partial charge in [0.1, 0.15) is 24.9 Å². The number of ether oxygens (including phenoxy) is 1. The minimum absolute atomic E-state index is 0.0980. The summed E-state index contributed by atoms with van der Waals surface area (Å²) in [6.45, 7) is 3.99. The lowest BCUT2D eigenvalue weighted by molar-refractivity contribution is -0.140. The van der Waals surface area contributed by atoms with Crippen molar-refractivity contribution in [1.82, 2.24) is 10.2 Å². The zero-order valence-electron chi connectivity index (χ0n) is 25.4. The van der Waals surface area contributed by atoms with Crippen molar-refractivity contribution in [3.8, 4) is 5.75 Å². The number of hydrogen-bond acceptors (Lipinski definition) is 5. The van der Waals surface area contributed by atoms with E-state index in [9.17, 15) is 18.0 Å². The quantitative estimate of drug-likeness (QED) is 0.274. The van der Waals surface area contributed by atoms with E-state index in [2.05, 4.69) is 5.32 Å². The monoisotopic (exact) mass is 605 g/mol. The van der Waals surface area contributed by atoms with Crippen LogP contribution in [0.3, 0.4) is 0 Å². The number of carbonyl (C=O) groups excluding carboxylic acids is 2. The van der Waals surface area contributed by atoms with Crippen LogP contribution in [0.15, 0.2) is 78.9 Å². The van der Waals surface area contributed by atoms with Crippen molar-refractivity contribution in [3.05, 3.63) is 95.6 Å². The Bertz CT molecular complexity index is 1450. The van der Waals surface area contributed by atoms with Crippen LogP contribution in [0.4, 0.5) is 5.69 Å². The molecule has 0 spiro atoms. The van der Waals surface area contributed by atoms with E-state index in [1.54, 1.807) is 24.3 Å². The molecule has 1 aliphatic carbocycles. The van der Waals surface area contributed by atoms with E-state index in [-0.39, 0.29) is 18.5 Å². The van der Waals surface area contributed by atoms with Crippen molar-refractivity contribution >= 4 is 27.5 Å². The molecule has 0 saturated heterocycles. The molecule has 1 saturated carbocycles. The van der Waals surface area contributed by atoms with Crippen LogP contribution in [0.2, 0.25) is 0 Å². The van der Waals surface area contributed by atoms with E-state index >= 15 is 0 Å². The number of carbonyl (C=O) groups is 2. The second-order valence-corrected chi connectivity index (χ2v) is 13.2. The number of benzene rings is 3. The summed E-state index contributed by atoms with van der Waals surface area (Å²) in [5.74, 6) is -0.0510. The van der Waals surface area contributed by atoms with Gasteiger partial charge < -0.3 is 15.0 Å². The molecule has 0 aromatic heterocycles. The molecular formula is C34H43N3O5S. The smallest absolute Gasteiger partial charge is 0.244 e. The Labute approximate surface area is 256 Å². The minimum Gasteiger partial charge on any atom is -0.489 e. The maximum atomic E-state index is 14.0. The van der Waals surface area contributed by atoms with Gasteiger partial charge in [0.05, 0.1) is 11.9 Å². The molecule has 1 N–H and O–H groups in total. The summed E-state index contributed by atoms with van der Waals surface area (Å²) in [6.07, 6.45) is 6.67. The number of aryl methyl sites for hydroxylation is 1.